The zero-order valence-electron chi connectivity index (χ0n) is 11.7. The van der Waals surface area contributed by atoms with Gasteiger partial charge in [-0.25, -0.2) is 4.98 Å². The molecule has 3 nitrogen and oxygen atoms in total. The molecule has 3 unspecified atom stereocenters. The van der Waals surface area contributed by atoms with E-state index < -0.39 is 0 Å². The normalized spacial score (nSPS) is 23.9. The molecule has 0 amide bonds. The lowest BCUT2D eigenvalue weighted by Crippen LogP contribution is -2.35. The van der Waals surface area contributed by atoms with E-state index in [9.17, 15) is 0 Å². The minimum atomic E-state index is 0.372. The summed E-state index contributed by atoms with van der Waals surface area (Å²) in [5, 5.41) is 3.79. The number of imidazole rings is 1. The van der Waals surface area contributed by atoms with Gasteiger partial charge < -0.3 is 9.88 Å². The Morgan fingerprint density at radius 3 is 2.80 bits per heavy atom. The van der Waals surface area contributed by atoms with E-state index in [0.717, 1.165) is 4.47 Å². The molecule has 20 heavy (non-hydrogen) atoms. The highest BCUT2D eigenvalue weighted by Crippen LogP contribution is 2.31. The highest BCUT2D eigenvalue weighted by atomic mass is 79.9. The molecule has 1 aliphatic carbocycles. The lowest BCUT2D eigenvalue weighted by molar-refractivity contribution is 0.362. The van der Waals surface area contributed by atoms with Crippen LogP contribution in [0, 0.1) is 0 Å². The molecule has 1 aromatic carbocycles. The molecule has 0 radical (unpaired) electrons. The Balaban J connectivity index is 1.68. The maximum Gasteiger partial charge on any atom is 0.0949 e. The molecule has 1 N–H and O–H groups in total. The van der Waals surface area contributed by atoms with Crippen molar-refractivity contribution in [2.75, 3.05) is 0 Å². The third-order valence-corrected chi connectivity index (χ3v) is 4.75. The monoisotopic (exact) mass is 333 g/mol. The van der Waals surface area contributed by atoms with Crippen molar-refractivity contribution in [1.29, 1.82) is 0 Å². The predicted octanol–water partition coefficient (Wildman–Crippen LogP) is 4.09. The van der Waals surface area contributed by atoms with E-state index in [-0.39, 0.29) is 0 Å². The molecule has 106 valence electrons. The van der Waals surface area contributed by atoms with Crippen LogP contribution in [0.2, 0.25) is 0 Å². The Kier molecular flexibility index (Phi) is 4.22. The molecule has 2 aromatic rings. The summed E-state index contributed by atoms with van der Waals surface area (Å²) < 4.78 is 3.38. The van der Waals surface area contributed by atoms with Gasteiger partial charge in [0.2, 0.25) is 0 Å². The van der Waals surface area contributed by atoms with Crippen LogP contribution in [0.25, 0.3) is 0 Å². The van der Waals surface area contributed by atoms with E-state index in [0.29, 0.717) is 18.1 Å². The molecular formula is C16H20BrN3. The molecular weight excluding hydrogens is 314 g/mol. The first-order valence-electron chi connectivity index (χ1n) is 7.23. The van der Waals surface area contributed by atoms with Gasteiger partial charge in [-0.2, -0.15) is 0 Å². The first-order chi connectivity index (χ1) is 9.74. The molecule has 0 aliphatic heterocycles. The largest absolute Gasteiger partial charge is 0.333 e. The van der Waals surface area contributed by atoms with Crippen molar-refractivity contribution in [2.45, 2.75) is 44.3 Å². The van der Waals surface area contributed by atoms with Crippen LogP contribution in [0.4, 0.5) is 0 Å². The smallest absolute Gasteiger partial charge is 0.0949 e. The number of nitrogens with one attached hydrogen (secondary N) is 1. The summed E-state index contributed by atoms with van der Waals surface area (Å²) in [4.78, 5) is 4.18. The second kappa shape index (κ2) is 6.10. The second-order valence-corrected chi connectivity index (χ2v) is 6.47. The Morgan fingerprint density at radius 1 is 1.30 bits per heavy atom. The van der Waals surface area contributed by atoms with Gasteiger partial charge in [-0.3, -0.25) is 0 Å². The molecule has 0 bridgehead atoms. The fourth-order valence-electron chi connectivity index (χ4n) is 3.13. The van der Waals surface area contributed by atoms with E-state index in [1.807, 2.05) is 12.5 Å². The van der Waals surface area contributed by atoms with E-state index in [4.69, 9.17) is 0 Å². The SMILES string of the molecule is CC(NC1CCCC1n1ccnc1)c1ccc(Br)cc1. The van der Waals surface area contributed by atoms with Crippen molar-refractivity contribution < 1.29 is 0 Å². The van der Waals surface area contributed by atoms with Crippen molar-refractivity contribution in [1.82, 2.24) is 14.9 Å². The van der Waals surface area contributed by atoms with Crippen LogP contribution in [-0.4, -0.2) is 15.6 Å². The van der Waals surface area contributed by atoms with Gasteiger partial charge in [-0.15, -0.1) is 0 Å². The van der Waals surface area contributed by atoms with Gasteiger partial charge in [-0.05, 0) is 43.9 Å². The van der Waals surface area contributed by atoms with Crippen LogP contribution in [0.15, 0.2) is 47.5 Å². The maximum atomic E-state index is 4.18. The first-order valence-corrected chi connectivity index (χ1v) is 8.02. The molecule has 1 saturated carbocycles. The number of benzene rings is 1. The quantitative estimate of drug-likeness (QED) is 0.913. The molecule has 3 atom stereocenters. The number of hydrogen-bond donors (Lipinski definition) is 1. The Bertz CT molecular complexity index is 535. The summed E-state index contributed by atoms with van der Waals surface area (Å²) in [6.45, 7) is 2.24. The molecule has 1 aromatic heterocycles. The average Bonchev–Trinajstić information content (AvgIpc) is 3.09. The summed E-state index contributed by atoms with van der Waals surface area (Å²) >= 11 is 3.49. The highest BCUT2D eigenvalue weighted by Gasteiger charge is 2.29. The standard InChI is InChI=1S/C16H20BrN3/c1-12(13-5-7-14(17)8-6-13)19-15-3-2-4-16(15)20-10-9-18-11-20/h5-12,15-16,19H,2-4H2,1H3. The van der Waals surface area contributed by atoms with Crippen molar-refractivity contribution >= 4 is 15.9 Å². The topological polar surface area (TPSA) is 29.9 Å². The van der Waals surface area contributed by atoms with Crippen molar-refractivity contribution in [3.05, 3.63) is 53.0 Å². The molecule has 4 heteroatoms. The second-order valence-electron chi connectivity index (χ2n) is 5.55. The lowest BCUT2D eigenvalue weighted by atomic mass is 10.1. The third-order valence-electron chi connectivity index (χ3n) is 4.22. The number of hydrogen-bond acceptors (Lipinski definition) is 2. The van der Waals surface area contributed by atoms with Crippen LogP contribution < -0.4 is 5.32 Å². The number of rotatable bonds is 4. The van der Waals surface area contributed by atoms with Crippen LogP contribution in [0.5, 0.6) is 0 Å². The summed E-state index contributed by atoms with van der Waals surface area (Å²) in [7, 11) is 0. The Labute approximate surface area is 128 Å². The van der Waals surface area contributed by atoms with E-state index in [1.165, 1.54) is 24.8 Å². The minimum absolute atomic E-state index is 0.372. The average molecular weight is 334 g/mol. The number of aromatic nitrogens is 2. The summed E-state index contributed by atoms with van der Waals surface area (Å²) in [6, 6.07) is 10.0. The van der Waals surface area contributed by atoms with E-state index >= 15 is 0 Å². The maximum absolute atomic E-state index is 4.18. The number of nitrogens with zero attached hydrogens (tertiary/aromatic N) is 2. The van der Waals surface area contributed by atoms with Crippen LogP contribution in [-0.2, 0) is 0 Å². The highest BCUT2D eigenvalue weighted by molar-refractivity contribution is 9.10. The van der Waals surface area contributed by atoms with Crippen LogP contribution >= 0.6 is 15.9 Å². The third kappa shape index (κ3) is 2.96. The molecule has 3 rings (SSSR count). The van der Waals surface area contributed by atoms with Gasteiger partial charge in [0.05, 0.1) is 6.33 Å². The molecule has 1 fully saturated rings. The summed E-state index contributed by atoms with van der Waals surface area (Å²) in [5.74, 6) is 0. The predicted molar refractivity (Wildman–Crippen MR) is 84.6 cm³/mol. The van der Waals surface area contributed by atoms with E-state index in [2.05, 4.69) is 68.2 Å². The van der Waals surface area contributed by atoms with Crippen molar-refractivity contribution in [3.63, 3.8) is 0 Å². The van der Waals surface area contributed by atoms with Crippen LogP contribution in [0.3, 0.4) is 0 Å². The van der Waals surface area contributed by atoms with Crippen molar-refractivity contribution in [2.24, 2.45) is 0 Å². The van der Waals surface area contributed by atoms with Crippen LogP contribution in [0.1, 0.15) is 43.8 Å². The van der Waals surface area contributed by atoms with Gasteiger partial charge in [0.25, 0.3) is 0 Å². The lowest BCUT2D eigenvalue weighted by Gasteiger charge is -2.26. The Hall–Kier alpha value is -1.13. The minimum Gasteiger partial charge on any atom is -0.333 e. The van der Waals surface area contributed by atoms with Gasteiger partial charge in [0.15, 0.2) is 0 Å². The molecule has 1 aliphatic rings. The summed E-state index contributed by atoms with van der Waals surface area (Å²) in [5.41, 5.74) is 1.34. The summed E-state index contributed by atoms with van der Waals surface area (Å²) in [6.07, 6.45) is 9.65. The van der Waals surface area contributed by atoms with Gasteiger partial charge in [0, 0.05) is 35.0 Å². The van der Waals surface area contributed by atoms with Gasteiger partial charge in [-0.1, -0.05) is 28.1 Å². The van der Waals surface area contributed by atoms with Gasteiger partial charge >= 0.3 is 0 Å². The fraction of sp³-hybridized carbons (Fsp3) is 0.438. The Morgan fingerprint density at radius 2 is 2.10 bits per heavy atom. The van der Waals surface area contributed by atoms with Gasteiger partial charge in [0.1, 0.15) is 0 Å². The zero-order chi connectivity index (χ0) is 13.9. The van der Waals surface area contributed by atoms with E-state index in [1.54, 1.807) is 0 Å². The molecule has 0 spiro atoms. The number of halogens is 1. The fourth-order valence-corrected chi connectivity index (χ4v) is 3.39. The zero-order valence-corrected chi connectivity index (χ0v) is 13.3. The molecule has 0 saturated heterocycles. The molecule has 1 heterocycles. The first kappa shape index (κ1) is 13.8. The van der Waals surface area contributed by atoms with Crippen molar-refractivity contribution in [3.8, 4) is 0 Å².